The number of likely N-dealkylation sites (tertiary alicyclic amines) is 1. The van der Waals surface area contributed by atoms with Crippen molar-refractivity contribution < 1.29 is 18.0 Å². The molecule has 3 rings (SSSR count). The molecule has 0 aliphatic carbocycles. The fraction of sp³-hybridized carbons (Fsp3) is 0.450. The summed E-state index contributed by atoms with van der Waals surface area (Å²) in [5.41, 5.74) is 6.76. The molecule has 9 nitrogen and oxygen atoms in total. The van der Waals surface area contributed by atoms with Gasteiger partial charge in [0.15, 0.2) is 0 Å². The number of aromatic amines is 1. The highest BCUT2D eigenvalue weighted by molar-refractivity contribution is 7.89. The zero-order valence-corrected chi connectivity index (χ0v) is 18.0. The second kappa shape index (κ2) is 8.97. The first-order valence-electron chi connectivity index (χ1n) is 10.0. The largest absolute Gasteiger partial charge is 0.364 e. The number of primary amides is 1. The standard InChI is InChI=1S/C20H27N5O4S/c1-3-25(4-2)30(28,29)16-7-5-15(6-8-16)20(27)24-11-9-14(10-12-24)17-13-18(19(21)26)23-22-17/h5-8,13-14H,3-4,9-12H2,1-2H3,(H2,21,26)(H,22,23). The molecule has 3 N–H and O–H groups in total. The Labute approximate surface area is 176 Å². The minimum absolute atomic E-state index is 0.123. The molecular weight excluding hydrogens is 406 g/mol. The summed E-state index contributed by atoms with van der Waals surface area (Å²) < 4.78 is 26.6. The van der Waals surface area contributed by atoms with Crippen LogP contribution in [0.2, 0.25) is 0 Å². The smallest absolute Gasteiger partial charge is 0.269 e. The van der Waals surface area contributed by atoms with Crippen LogP contribution in [-0.2, 0) is 10.0 Å². The molecule has 0 atom stereocenters. The van der Waals surface area contributed by atoms with Crippen molar-refractivity contribution in [2.75, 3.05) is 26.2 Å². The Bertz CT molecular complexity index is 1000. The molecule has 30 heavy (non-hydrogen) atoms. The molecule has 1 aliphatic rings. The molecule has 2 heterocycles. The zero-order valence-electron chi connectivity index (χ0n) is 17.2. The van der Waals surface area contributed by atoms with Gasteiger partial charge in [0, 0.05) is 43.4 Å². The van der Waals surface area contributed by atoms with Crippen LogP contribution in [0.1, 0.15) is 59.1 Å². The summed E-state index contributed by atoms with van der Waals surface area (Å²) in [7, 11) is -3.54. The maximum absolute atomic E-state index is 12.8. The molecule has 0 saturated carbocycles. The summed E-state index contributed by atoms with van der Waals surface area (Å²) >= 11 is 0. The minimum atomic E-state index is -3.54. The van der Waals surface area contributed by atoms with E-state index < -0.39 is 15.9 Å². The summed E-state index contributed by atoms with van der Waals surface area (Å²) in [6.45, 7) is 5.50. The van der Waals surface area contributed by atoms with Crippen LogP contribution in [0.25, 0.3) is 0 Å². The van der Waals surface area contributed by atoms with Crippen molar-refractivity contribution in [3.05, 3.63) is 47.3 Å². The van der Waals surface area contributed by atoms with Crippen LogP contribution in [0.4, 0.5) is 0 Å². The normalized spacial score (nSPS) is 15.5. The monoisotopic (exact) mass is 433 g/mol. The van der Waals surface area contributed by atoms with Gasteiger partial charge < -0.3 is 10.6 Å². The Morgan fingerprint density at radius 3 is 2.27 bits per heavy atom. The summed E-state index contributed by atoms with van der Waals surface area (Å²) in [5, 5.41) is 6.77. The number of piperidine rings is 1. The van der Waals surface area contributed by atoms with Gasteiger partial charge in [0.1, 0.15) is 5.69 Å². The third-order valence-electron chi connectivity index (χ3n) is 5.52. The number of hydrogen-bond acceptors (Lipinski definition) is 5. The molecule has 0 unspecified atom stereocenters. The molecule has 1 saturated heterocycles. The second-order valence-electron chi connectivity index (χ2n) is 7.25. The highest BCUT2D eigenvalue weighted by Crippen LogP contribution is 2.28. The Morgan fingerprint density at radius 1 is 1.17 bits per heavy atom. The first kappa shape index (κ1) is 22.0. The van der Waals surface area contributed by atoms with Gasteiger partial charge in [-0.05, 0) is 43.2 Å². The number of H-pyrrole nitrogens is 1. The molecule has 10 heteroatoms. The van der Waals surface area contributed by atoms with Gasteiger partial charge >= 0.3 is 0 Å². The number of amides is 2. The van der Waals surface area contributed by atoms with E-state index in [9.17, 15) is 18.0 Å². The Hall–Kier alpha value is -2.72. The molecule has 1 aromatic carbocycles. The SMILES string of the molecule is CCN(CC)S(=O)(=O)c1ccc(C(=O)N2CCC(c3cc(C(N)=O)n[nH]3)CC2)cc1. The number of sulfonamides is 1. The van der Waals surface area contributed by atoms with Crippen molar-refractivity contribution >= 4 is 21.8 Å². The molecule has 2 aromatic rings. The van der Waals surface area contributed by atoms with Gasteiger partial charge in [-0.3, -0.25) is 14.7 Å². The molecule has 1 aromatic heterocycles. The van der Waals surface area contributed by atoms with E-state index in [4.69, 9.17) is 5.73 Å². The van der Waals surface area contributed by atoms with Crippen molar-refractivity contribution in [3.8, 4) is 0 Å². The summed E-state index contributed by atoms with van der Waals surface area (Å²) in [6.07, 6.45) is 1.47. The van der Waals surface area contributed by atoms with Crippen LogP contribution < -0.4 is 5.73 Å². The lowest BCUT2D eigenvalue weighted by molar-refractivity contribution is 0.0712. The van der Waals surface area contributed by atoms with Crippen LogP contribution in [0, 0.1) is 0 Å². The van der Waals surface area contributed by atoms with Crippen LogP contribution in [-0.4, -0.2) is 65.8 Å². The van der Waals surface area contributed by atoms with Crippen molar-refractivity contribution in [1.29, 1.82) is 0 Å². The maximum atomic E-state index is 12.8. The quantitative estimate of drug-likeness (QED) is 0.684. The van der Waals surface area contributed by atoms with E-state index in [1.165, 1.54) is 16.4 Å². The highest BCUT2D eigenvalue weighted by atomic mass is 32.2. The van der Waals surface area contributed by atoms with Crippen molar-refractivity contribution in [1.82, 2.24) is 19.4 Å². The number of carbonyl (C=O) groups excluding carboxylic acids is 2. The van der Waals surface area contributed by atoms with Gasteiger partial charge in [0.05, 0.1) is 4.90 Å². The number of benzene rings is 1. The molecular formula is C20H27N5O4S. The maximum Gasteiger partial charge on any atom is 0.269 e. The number of carbonyl (C=O) groups is 2. The van der Waals surface area contributed by atoms with Gasteiger partial charge in [0.25, 0.3) is 11.8 Å². The predicted octanol–water partition coefficient (Wildman–Crippen LogP) is 1.56. The van der Waals surface area contributed by atoms with Crippen LogP contribution in [0.15, 0.2) is 35.2 Å². The predicted molar refractivity (Wildman–Crippen MR) is 112 cm³/mol. The minimum Gasteiger partial charge on any atom is -0.364 e. The first-order valence-corrected chi connectivity index (χ1v) is 11.5. The van der Waals surface area contributed by atoms with Crippen molar-refractivity contribution in [2.45, 2.75) is 37.5 Å². The van der Waals surface area contributed by atoms with Gasteiger partial charge in [-0.15, -0.1) is 0 Å². The van der Waals surface area contributed by atoms with Gasteiger partial charge in [0.2, 0.25) is 10.0 Å². The van der Waals surface area contributed by atoms with Gasteiger partial charge in [-0.2, -0.15) is 9.40 Å². The fourth-order valence-corrected chi connectivity index (χ4v) is 5.19. The van der Waals surface area contributed by atoms with Crippen molar-refractivity contribution in [2.24, 2.45) is 5.73 Å². The molecule has 2 amide bonds. The second-order valence-corrected chi connectivity index (χ2v) is 9.19. The van der Waals surface area contributed by atoms with Crippen LogP contribution in [0.3, 0.4) is 0 Å². The zero-order chi connectivity index (χ0) is 21.9. The summed E-state index contributed by atoms with van der Waals surface area (Å²) in [4.78, 5) is 26.0. The number of rotatable bonds is 7. The third-order valence-corrected chi connectivity index (χ3v) is 7.58. The Morgan fingerprint density at radius 2 is 1.77 bits per heavy atom. The third kappa shape index (κ3) is 4.39. The average molecular weight is 434 g/mol. The molecule has 0 radical (unpaired) electrons. The van der Waals surface area contributed by atoms with Gasteiger partial charge in [-0.1, -0.05) is 13.8 Å². The van der Waals surface area contributed by atoms with E-state index in [1.54, 1.807) is 36.9 Å². The molecule has 0 bridgehead atoms. The van der Waals surface area contributed by atoms with E-state index in [0.29, 0.717) is 31.7 Å². The lowest BCUT2D eigenvalue weighted by atomic mass is 9.93. The summed E-state index contributed by atoms with van der Waals surface area (Å²) in [6, 6.07) is 7.78. The number of nitrogens with two attached hydrogens (primary N) is 1. The van der Waals surface area contributed by atoms with E-state index in [2.05, 4.69) is 10.2 Å². The Balaban J connectivity index is 1.64. The fourth-order valence-electron chi connectivity index (χ4n) is 3.73. The molecule has 162 valence electrons. The number of hydrogen-bond donors (Lipinski definition) is 2. The van der Waals surface area contributed by atoms with Gasteiger partial charge in [-0.25, -0.2) is 8.42 Å². The van der Waals surface area contributed by atoms with E-state index in [1.807, 2.05) is 0 Å². The summed E-state index contributed by atoms with van der Waals surface area (Å²) in [5.74, 6) is -0.518. The molecule has 1 aliphatic heterocycles. The lowest BCUT2D eigenvalue weighted by Gasteiger charge is -2.31. The van der Waals surface area contributed by atoms with E-state index in [-0.39, 0.29) is 22.4 Å². The van der Waals surface area contributed by atoms with Crippen molar-refractivity contribution in [3.63, 3.8) is 0 Å². The highest BCUT2D eigenvalue weighted by Gasteiger charge is 2.27. The van der Waals surface area contributed by atoms with Crippen LogP contribution in [0.5, 0.6) is 0 Å². The average Bonchev–Trinajstić information content (AvgIpc) is 3.25. The number of aromatic nitrogens is 2. The number of nitrogens with zero attached hydrogens (tertiary/aromatic N) is 3. The molecule has 0 spiro atoms. The lowest BCUT2D eigenvalue weighted by Crippen LogP contribution is -2.38. The van der Waals surface area contributed by atoms with Crippen LogP contribution >= 0.6 is 0 Å². The van der Waals surface area contributed by atoms with E-state index in [0.717, 1.165) is 18.5 Å². The first-order chi connectivity index (χ1) is 14.3. The topological polar surface area (TPSA) is 129 Å². The number of nitrogens with one attached hydrogen (secondary N) is 1. The van der Waals surface area contributed by atoms with E-state index >= 15 is 0 Å². The Kier molecular flexibility index (Phi) is 6.57. The molecule has 1 fully saturated rings.